The highest BCUT2D eigenvalue weighted by molar-refractivity contribution is 7.99. The van der Waals surface area contributed by atoms with E-state index in [2.05, 4.69) is 20.8 Å². The topological polar surface area (TPSA) is 97.1 Å². The second-order valence-electron chi connectivity index (χ2n) is 5.31. The minimum Gasteiger partial charge on any atom is -0.411 e. The Morgan fingerprint density at radius 2 is 2.04 bits per heavy atom. The summed E-state index contributed by atoms with van der Waals surface area (Å²) < 4.78 is 5.55. The van der Waals surface area contributed by atoms with Crippen LogP contribution in [0.25, 0.3) is 11.5 Å². The van der Waals surface area contributed by atoms with Gasteiger partial charge in [0, 0.05) is 11.6 Å². The molecule has 0 saturated carbocycles. The van der Waals surface area contributed by atoms with Crippen molar-refractivity contribution in [2.45, 2.75) is 38.5 Å². The highest BCUT2D eigenvalue weighted by atomic mass is 32.2. The second-order valence-corrected chi connectivity index (χ2v) is 6.23. The first-order valence-electron chi connectivity index (χ1n) is 7.62. The zero-order chi connectivity index (χ0) is 17.5. The fraction of sp³-hybridized carbons (Fsp3) is 0.375. The van der Waals surface area contributed by atoms with Crippen LogP contribution in [0, 0.1) is 6.92 Å². The minimum absolute atomic E-state index is 0.0121. The molecule has 2 rings (SSSR count). The van der Waals surface area contributed by atoms with Crippen LogP contribution in [0.3, 0.4) is 0 Å². The lowest BCUT2D eigenvalue weighted by Crippen LogP contribution is -2.43. The number of nitrogens with zero attached hydrogens (tertiary/aromatic N) is 2. The Hall–Kier alpha value is -2.35. The maximum absolute atomic E-state index is 11.7. The van der Waals surface area contributed by atoms with Crippen LogP contribution in [0.2, 0.25) is 0 Å². The molecule has 128 valence electrons. The summed E-state index contributed by atoms with van der Waals surface area (Å²) >= 11 is 1.08. The quantitative estimate of drug-likeness (QED) is 0.779. The normalized spacial score (nSPS) is 11.8. The predicted octanol–water partition coefficient (Wildman–Crippen LogP) is 2.76. The van der Waals surface area contributed by atoms with E-state index in [0.717, 1.165) is 29.3 Å². The maximum Gasteiger partial charge on any atom is 0.321 e. The number of imide groups is 1. The third-order valence-electron chi connectivity index (χ3n) is 3.35. The molecule has 0 unspecified atom stereocenters. The molecule has 8 heteroatoms. The van der Waals surface area contributed by atoms with Crippen LogP contribution in [0.4, 0.5) is 4.79 Å². The first-order valence-corrected chi connectivity index (χ1v) is 8.60. The van der Waals surface area contributed by atoms with Gasteiger partial charge in [-0.3, -0.25) is 10.1 Å². The summed E-state index contributed by atoms with van der Waals surface area (Å²) in [5.74, 6) is 0.00513. The van der Waals surface area contributed by atoms with Crippen LogP contribution >= 0.6 is 11.8 Å². The fourth-order valence-corrected chi connectivity index (χ4v) is 2.40. The van der Waals surface area contributed by atoms with Crippen LogP contribution in [0.5, 0.6) is 0 Å². The van der Waals surface area contributed by atoms with E-state index in [4.69, 9.17) is 4.42 Å². The van der Waals surface area contributed by atoms with Gasteiger partial charge in [0.1, 0.15) is 0 Å². The molecule has 3 amide bonds. The van der Waals surface area contributed by atoms with Crippen molar-refractivity contribution in [3.63, 3.8) is 0 Å². The molecule has 0 aliphatic heterocycles. The van der Waals surface area contributed by atoms with Gasteiger partial charge < -0.3 is 9.73 Å². The minimum atomic E-state index is -0.499. The second kappa shape index (κ2) is 8.49. The molecule has 7 nitrogen and oxygen atoms in total. The molecule has 0 spiro atoms. The summed E-state index contributed by atoms with van der Waals surface area (Å²) in [4.78, 5) is 23.3. The van der Waals surface area contributed by atoms with E-state index >= 15 is 0 Å². The molecule has 2 N–H and O–H groups in total. The zero-order valence-corrected chi connectivity index (χ0v) is 14.6. The van der Waals surface area contributed by atoms with Crippen molar-refractivity contribution in [1.82, 2.24) is 20.8 Å². The largest absolute Gasteiger partial charge is 0.411 e. The molecule has 0 bridgehead atoms. The first-order chi connectivity index (χ1) is 11.5. The van der Waals surface area contributed by atoms with E-state index in [9.17, 15) is 9.59 Å². The summed E-state index contributed by atoms with van der Waals surface area (Å²) in [5.41, 5.74) is 1.88. The summed E-state index contributed by atoms with van der Waals surface area (Å²) in [6.45, 7) is 5.77. The van der Waals surface area contributed by atoms with Crippen molar-refractivity contribution in [1.29, 1.82) is 0 Å². The molecule has 1 atom stereocenters. The van der Waals surface area contributed by atoms with Gasteiger partial charge in [-0.2, -0.15) is 0 Å². The molecule has 0 radical (unpaired) electrons. The Labute approximate surface area is 144 Å². The molecule has 1 aromatic heterocycles. The van der Waals surface area contributed by atoms with E-state index in [-0.39, 0.29) is 17.0 Å². The summed E-state index contributed by atoms with van der Waals surface area (Å²) in [6, 6.07) is 7.18. The highest BCUT2D eigenvalue weighted by Gasteiger charge is 2.14. The lowest BCUT2D eigenvalue weighted by atomic mass is 10.1. The Morgan fingerprint density at radius 1 is 1.29 bits per heavy atom. The van der Waals surface area contributed by atoms with Crippen molar-refractivity contribution >= 4 is 23.7 Å². The van der Waals surface area contributed by atoms with Crippen LogP contribution in [0.15, 0.2) is 33.9 Å². The Bertz CT molecular complexity index is 717. The third kappa shape index (κ3) is 5.09. The molecular formula is C16H20N4O3S. The average Bonchev–Trinajstić information content (AvgIpc) is 3.01. The van der Waals surface area contributed by atoms with Crippen molar-refractivity contribution in [3.05, 3.63) is 29.8 Å². The van der Waals surface area contributed by atoms with Crippen molar-refractivity contribution in [2.75, 3.05) is 5.75 Å². The molecule has 0 aliphatic rings. The number of carbonyl (C=O) groups is 2. The number of urea groups is 1. The van der Waals surface area contributed by atoms with Crippen LogP contribution in [0.1, 0.15) is 25.8 Å². The summed E-state index contributed by atoms with van der Waals surface area (Å²) in [7, 11) is 0. The van der Waals surface area contributed by atoms with E-state index in [1.54, 1.807) is 0 Å². The number of thioether (sulfide) groups is 1. The Balaban J connectivity index is 1.86. The van der Waals surface area contributed by atoms with E-state index in [0.29, 0.717) is 5.89 Å². The van der Waals surface area contributed by atoms with Crippen molar-refractivity contribution in [3.8, 4) is 11.5 Å². The summed E-state index contributed by atoms with van der Waals surface area (Å²) in [5, 5.41) is 13.1. The molecular weight excluding hydrogens is 328 g/mol. The number of nitrogens with one attached hydrogen (secondary N) is 2. The monoisotopic (exact) mass is 348 g/mol. The van der Waals surface area contributed by atoms with Gasteiger partial charge in [-0.25, -0.2) is 4.79 Å². The van der Waals surface area contributed by atoms with Gasteiger partial charge in [0.05, 0.1) is 5.75 Å². The van der Waals surface area contributed by atoms with Gasteiger partial charge in [-0.05, 0) is 31.9 Å². The Kier molecular flexibility index (Phi) is 6.36. The number of hydrogen-bond donors (Lipinski definition) is 2. The molecule has 1 aromatic carbocycles. The van der Waals surface area contributed by atoms with Gasteiger partial charge in [0.25, 0.3) is 5.22 Å². The van der Waals surface area contributed by atoms with Gasteiger partial charge >= 0.3 is 6.03 Å². The number of rotatable bonds is 6. The molecule has 2 aromatic rings. The average molecular weight is 348 g/mol. The summed E-state index contributed by atoms with van der Waals surface area (Å²) in [6.07, 6.45) is 0.792. The number of amides is 3. The number of aromatic nitrogens is 2. The van der Waals surface area contributed by atoms with Gasteiger partial charge in [-0.15, -0.1) is 10.2 Å². The smallest absolute Gasteiger partial charge is 0.321 e. The van der Waals surface area contributed by atoms with E-state index in [1.165, 1.54) is 0 Å². The van der Waals surface area contributed by atoms with Crippen LogP contribution < -0.4 is 10.6 Å². The number of aryl methyl sites for hydroxylation is 1. The SMILES string of the molecule is CC[C@@H](C)NC(=O)NC(=O)CSc1nnc(-c2ccccc2C)o1. The predicted molar refractivity (Wildman–Crippen MR) is 91.6 cm³/mol. The lowest BCUT2D eigenvalue weighted by molar-refractivity contribution is -0.117. The van der Waals surface area contributed by atoms with Crippen LogP contribution in [-0.4, -0.2) is 33.9 Å². The van der Waals surface area contributed by atoms with E-state index < -0.39 is 11.9 Å². The molecule has 0 aliphatic carbocycles. The van der Waals surface area contributed by atoms with Crippen molar-refractivity contribution in [2.24, 2.45) is 0 Å². The van der Waals surface area contributed by atoms with E-state index in [1.807, 2.05) is 45.0 Å². The molecule has 1 heterocycles. The number of benzene rings is 1. The third-order valence-corrected chi connectivity index (χ3v) is 4.17. The van der Waals surface area contributed by atoms with Gasteiger partial charge in [0.2, 0.25) is 11.8 Å². The van der Waals surface area contributed by atoms with Gasteiger partial charge in [-0.1, -0.05) is 36.9 Å². The Morgan fingerprint density at radius 3 is 2.75 bits per heavy atom. The maximum atomic E-state index is 11.7. The molecule has 0 saturated heterocycles. The molecule has 0 fully saturated rings. The van der Waals surface area contributed by atoms with Crippen LogP contribution in [-0.2, 0) is 4.79 Å². The first kappa shape index (κ1) is 18.0. The highest BCUT2D eigenvalue weighted by Crippen LogP contribution is 2.25. The number of carbonyl (C=O) groups excluding carboxylic acids is 2. The number of hydrogen-bond acceptors (Lipinski definition) is 6. The standard InChI is InChI=1S/C16H20N4O3S/c1-4-11(3)17-15(22)18-13(21)9-24-16-20-19-14(23-16)12-8-6-5-7-10(12)2/h5-8,11H,4,9H2,1-3H3,(H2,17,18,21,22)/t11-/m1/s1. The molecule has 24 heavy (non-hydrogen) atoms. The lowest BCUT2D eigenvalue weighted by Gasteiger charge is -2.11. The van der Waals surface area contributed by atoms with Gasteiger partial charge in [0.15, 0.2) is 0 Å². The van der Waals surface area contributed by atoms with Crippen molar-refractivity contribution < 1.29 is 14.0 Å². The fourth-order valence-electron chi connectivity index (χ4n) is 1.84. The zero-order valence-electron chi connectivity index (χ0n) is 13.8.